The van der Waals surface area contributed by atoms with Crippen molar-refractivity contribution in [2.45, 2.75) is 30.8 Å². The van der Waals surface area contributed by atoms with Gasteiger partial charge in [0.1, 0.15) is 11.4 Å². The first kappa shape index (κ1) is 22.0. The number of ether oxygens (including phenoxy) is 2. The molecule has 3 fully saturated rings. The molecule has 4 atom stereocenters. The quantitative estimate of drug-likeness (QED) is 0.663. The van der Waals surface area contributed by atoms with E-state index in [2.05, 4.69) is 5.32 Å². The number of methoxy groups -OCH3 is 2. The minimum Gasteiger partial charge on any atom is -0.493 e. The minimum atomic E-state index is -1.35. The molecule has 4 heterocycles. The Hall–Kier alpha value is -3.46. The summed E-state index contributed by atoms with van der Waals surface area (Å²) in [7, 11) is 3.11. The number of nitrogens with zero attached hydrogens (tertiary/aromatic N) is 2. The molecule has 6 rings (SSSR count). The number of carbonyl (C=O) groups excluding carboxylic acids is 3. The van der Waals surface area contributed by atoms with E-state index in [0.29, 0.717) is 35.7 Å². The van der Waals surface area contributed by atoms with Crippen molar-refractivity contribution in [2.24, 2.45) is 11.8 Å². The van der Waals surface area contributed by atoms with Crippen molar-refractivity contribution in [1.29, 1.82) is 0 Å². The highest BCUT2D eigenvalue weighted by molar-refractivity contribution is 6.15. The largest absolute Gasteiger partial charge is 0.493 e. The fraction of sp³-hybridized carbons (Fsp3) is 0.423. The smallest absolute Gasteiger partial charge is 0.250 e. The Morgan fingerprint density at radius 1 is 1.06 bits per heavy atom. The number of fused-ring (bicyclic) bond motifs is 7. The van der Waals surface area contributed by atoms with Crippen molar-refractivity contribution in [2.75, 3.05) is 32.6 Å². The number of halogens is 1. The fourth-order valence-electron chi connectivity index (χ4n) is 6.73. The second-order valence-electron chi connectivity index (χ2n) is 9.58. The molecule has 3 amide bonds. The van der Waals surface area contributed by atoms with Gasteiger partial charge >= 0.3 is 0 Å². The van der Waals surface area contributed by atoms with Gasteiger partial charge in [0.15, 0.2) is 11.5 Å². The lowest BCUT2D eigenvalue weighted by Gasteiger charge is -2.36. The van der Waals surface area contributed by atoms with Crippen molar-refractivity contribution in [1.82, 2.24) is 9.80 Å². The lowest BCUT2D eigenvalue weighted by atomic mass is 9.75. The van der Waals surface area contributed by atoms with Crippen LogP contribution in [0.25, 0.3) is 0 Å². The molecule has 8 nitrogen and oxygen atoms in total. The zero-order chi connectivity index (χ0) is 24.5. The van der Waals surface area contributed by atoms with Crippen LogP contribution in [-0.2, 0) is 26.3 Å². The Bertz CT molecular complexity index is 1270. The molecular weight excluding hydrogens is 453 g/mol. The summed E-state index contributed by atoms with van der Waals surface area (Å²) < 4.78 is 25.0. The molecule has 0 unspecified atom stereocenters. The third-order valence-electron chi connectivity index (χ3n) is 8.12. The lowest BCUT2D eigenvalue weighted by Crippen LogP contribution is -2.54. The normalized spacial score (nSPS) is 28.9. The summed E-state index contributed by atoms with van der Waals surface area (Å²) in [5, 5.41) is 2.86. The highest BCUT2D eigenvalue weighted by Crippen LogP contribution is 2.60. The van der Waals surface area contributed by atoms with Crippen LogP contribution in [0, 0.1) is 17.7 Å². The first-order chi connectivity index (χ1) is 16.9. The molecule has 0 radical (unpaired) electrons. The molecule has 0 bridgehead atoms. The summed E-state index contributed by atoms with van der Waals surface area (Å²) in [6.45, 7) is 0.786. The minimum absolute atomic E-state index is 0.195. The topological polar surface area (TPSA) is 88.2 Å². The van der Waals surface area contributed by atoms with Crippen LogP contribution < -0.4 is 14.8 Å². The van der Waals surface area contributed by atoms with Gasteiger partial charge in [0.05, 0.1) is 26.1 Å². The zero-order valence-electron chi connectivity index (χ0n) is 19.5. The van der Waals surface area contributed by atoms with Crippen LogP contribution in [0.5, 0.6) is 11.5 Å². The van der Waals surface area contributed by atoms with E-state index in [1.807, 2.05) is 17.0 Å². The summed E-state index contributed by atoms with van der Waals surface area (Å²) in [5.74, 6) is -1.73. The summed E-state index contributed by atoms with van der Waals surface area (Å²) in [6.07, 6.45) is 1.99. The highest BCUT2D eigenvalue weighted by atomic mass is 19.1. The number of amides is 3. The van der Waals surface area contributed by atoms with Gasteiger partial charge in [-0.25, -0.2) is 4.39 Å². The molecule has 182 valence electrons. The fourth-order valence-corrected chi connectivity index (χ4v) is 6.73. The van der Waals surface area contributed by atoms with Crippen molar-refractivity contribution in [3.63, 3.8) is 0 Å². The number of rotatable bonds is 5. The van der Waals surface area contributed by atoms with Crippen LogP contribution in [0.4, 0.5) is 10.1 Å². The van der Waals surface area contributed by atoms with Gasteiger partial charge in [-0.2, -0.15) is 0 Å². The molecular formula is C26H26FN3O5. The molecule has 0 saturated carbocycles. The van der Waals surface area contributed by atoms with E-state index >= 15 is 0 Å². The molecule has 1 N–H and O–H groups in total. The van der Waals surface area contributed by atoms with E-state index < -0.39 is 23.2 Å². The molecule has 35 heavy (non-hydrogen) atoms. The Morgan fingerprint density at radius 3 is 2.63 bits per heavy atom. The van der Waals surface area contributed by atoms with Crippen molar-refractivity contribution in [3.8, 4) is 11.5 Å². The van der Waals surface area contributed by atoms with Crippen molar-refractivity contribution in [3.05, 3.63) is 53.3 Å². The predicted molar refractivity (Wildman–Crippen MR) is 123 cm³/mol. The average Bonchev–Trinajstić information content (AvgIpc) is 3.56. The van der Waals surface area contributed by atoms with Crippen LogP contribution in [0.2, 0.25) is 0 Å². The summed E-state index contributed by atoms with van der Waals surface area (Å²) in [4.78, 5) is 44.3. The predicted octanol–water partition coefficient (Wildman–Crippen LogP) is 2.31. The molecule has 4 aliphatic rings. The van der Waals surface area contributed by atoms with Crippen LogP contribution in [0.1, 0.15) is 24.0 Å². The van der Waals surface area contributed by atoms with E-state index in [9.17, 15) is 18.8 Å². The second kappa shape index (κ2) is 7.78. The Kier molecular flexibility index (Phi) is 4.90. The van der Waals surface area contributed by atoms with E-state index in [0.717, 1.165) is 18.4 Å². The second-order valence-corrected chi connectivity index (χ2v) is 9.58. The third-order valence-corrected chi connectivity index (χ3v) is 8.12. The number of likely N-dealkylation sites (tertiary alicyclic amines) is 1. The molecule has 4 aliphatic heterocycles. The SMILES string of the molecule is COc1ccc(CCN2C(=O)[C@@H]3[C@H]4CCCN4[C@]4(C(=O)Nc5ccc(F)cc54)[C@@H]3C2=O)cc1OC. The Morgan fingerprint density at radius 2 is 1.86 bits per heavy atom. The van der Waals surface area contributed by atoms with Crippen molar-refractivity contribution >= 4 is 23.4 Å². The number of imide groups is 1. The number of hydrogen-bond acceptors (Lipinski definition) is 6. The zero-order valence-corrected chi connectivity index (χ0v) is 19.5. The van der Waals surface area contributed by atoms with Gasteiger partial charge in [0, 0.05) is 23.8 Å². The van der Waals surface area contributed by atoms with E-state index in [1.54, 1.807) is 20.3 Å². The van der Waals surface area contributed by atoms with Gasteiger partial charge < -0.3 is 14.8 Å². The Balaban J connectivity index is 1.35. The number of anilines is 1. The maximum atomic E-state index is 14.3. The number of hydrogen-bond donors (Lipinski definition) is 1. The first-order valence-corrected chi connectivity index (χ1v) is 11.9. The monoisotopic (exact) mass is 479 g/mol. The molecule has 1 spiro atoms. The number of benzene rings is 2. The molecule has 2 aromatic carbocycles. The Labute approximate surface area is 202 Å². The maximum Gasteiger partial charge on any atom is 0.250 e. The maximum absolute atomic E-state index is 14.3. The van der Waals surface area contributed by atoms with Crippen LogP contribution in [0.15, 0.2) is 36.4 Å². The van der Waals surface area contributed by atoms with Gasteiger partial charge in [0.2, 0.25) is 17.7 Å². The number of nitrogens with one attached hydrogen (secondary N) is 1. The van der Waals surface area contributed by atoms with E-state index in [4.69, 9.17) is 9.47 Å². The standard InChI is InChI=1S/C26H26FN3O5/c1-34-19-8-5-14(12-20(19)35-2)9-11-29-23(31)21-18-4-3-10-30(18)26(22(21)24(29)32)16-13-15(27)6-7-17(16)28-25(26)33/h5-8,12-13,18,21-22H,3-4,9-11H2,1-2H3,(H,28,33)/t18-,21-,22+,26+/m1/s1. The molecule has 0 aromatic heterocycles. The van der Waals surface area contributed by atoms with Crippen LogP contribution in [0.3, 0.4) is 0 Å². The van der Waals surface area contributed by atoms with Crippen molar-refractivity contribution < 1.29 is 28.2 Å². The third kappa shape index (κ3) is 2.84. The van der Waals surface area contributed by atoms with E-state index in [1.165, 1.54) is 23.1 Å². The number of carbonyl (C=O) groups is 3. The molecule has 9 heteroatoms. The van der Waals surface area contributed by atoms with E-state index in [-0.39, 0.29) is 30.3 Å². The van der Waals surface area contributed by atoms with Gasteiger partial charge in [-0.05, 0) is 61.7 Å². The molecule has 0 aliphatic carbocycles. The van der Waals surface area contributed by atoms with Gasteiger partial charge in [0.25, 0.3) is 0 Å². The lowest BCUT2D eigenvalue weighted by molar-refractivity contribution is -0.145. The first-order valence-electron chi connectivity index (χ1n) is 11.9. The van der Waals surface area contributed by atoms with Crippen LogP contribution >= 0.6 is 0 Å². The highest BCUT2D eigenvalue weighted by Gasteiger charge is 2.74. The summed E-state index contributed by atoms with van der Waals surface area (Å²) in [5.41, 5.74) is 0.508. The van der Waals surface area contributed by atoms with Gasteiger partial charge in [-0.15, -0.1) is 0 Å². The summed E-state index contributed by atoms with van der Waals surface area (Å²) >= 11 is 0. The average molecular weight is 480 g/mol. The molecule has 2 aromatic rings. The summed E-state index contributed by atoms with van der Waals surface area (Å²) in [6, 6.07) is 9.44. The van der Waals surface area contributed by atoms with Gasteiger partial charge in [-0.1, -0.05) is 6.07 Å². The van der Waals surface area contributed by atoms with Crippen LogP contribution in [-0.4, -0.2) is 60.9 Å². The molecule has 3 saturated heterocycles. The van der Waals surface area contributed by atoms with Gasteiger partial charge in [-0.3, -0.25) is 24.2 Å².